The molecule has 0 aliphatic rings. The average molecular weight is 492 g/mol. The zero-order valence-corrected chi connectivity index (χ0v) is 20.4. The summed E-state index contributed by atoms with van der Waals surface area (Å²) >= 11 is 1.36. The Morgan fingerprint density at radius 3 is 2.39 bits per heavy atom. The zero-order chi connectivity index (χ0) is 24.3. The van der Waals surface area contributed by atoms with Crippen molar-refractivity contribution >= 4 is 33.5 Å². The normalized spacial score (nSPS) is 11.5. The van der Waals surface area contributed by atoms with Crippen LogP contribution >= 0.6 is 11.8 Å². The lowest BCUT2D eigenvalue weighted by Gasteiger charge is -2.10. The number of thioether (sulfide) groups is 1. The van der Waals surface area contributed by atoms with Crippen molar-refractivity contribution in [3.8, 4) is 5.69 Å². The molecule has 0 atom stereocenters. The molecule has 2 N–H and O–H groups in total. The second-order valence-corrected chi connectivity index (χ2v) is 10.1. The smallest absolute Gasteiger partial charge is 0.316 e. The van der Waals surface area contributed by atoms with Gasteiger partial charge in [-0.25, -0.2) is 13.6 Å². The molecule has 0 spiro atoms. The molecule has 0 aliphatic carbocycles. The van der Waals surface area contributed by atoms with Crippen LogP contribution in [0.25, 0.3) is 5.69 Å². The fraction of sp³-hybridized carbons (Fsp3) is 0.318. The highest BCUT2D eigenvalue weighted by atomic mass is 32.2. The van der Waals surface area contributed by atoms with Crippen LogP contribution in [0.5, 0.6) is 0 Å². The fourth-order valence-electron chi connectivity index (χ4n) is 3.44. The Kier molecular flexibility index (Phi) is 7.45. The Balaban J connectivity index is 1.61. The third kappa shape index (κ3) is 5.73. The number of ether oxygens (including phenoxy) is 1. The first-order chi connectivity index (χ1) is 15.5. The summed E-state index contributed by atoms with van der Waals surface area (Å²) in [6, 6.07) is 7.76. The van der Waals surface area contributed by atoms with Crippen molar-refractivity contribution in [2.75, 3.05) is 12.4 Å². The molecule has 176 valence electrons. The SMILES string of the molecule is Cc1noc(C)c1CSCC(=O)OCC(=O)c1cc(C)n(-c2ccc(S(N)(=O)=O)cc2)c1C. The highest BCUT2D eigenvalue weighted by molar-refractivity contribution is 7.99. The van der Waals surface area contributed by atoms with Crippen molar-refractivity contribution < 1.29 is 27.3 Å². The standard InChI is InChI=1S/C22H25N3O6S2/c1-13-9-19(15(3)25(13)17-5-7-18(8-6-17)33(23,28)29)21(26)10-30-22(27)12-32-11-20-14(2)24-31-16(20)4/h5-9H,10-12H2,1-4H3,(H2,23,28,29). The highest BCUT2D eigenvalue weighted by Gasteiger charge is 2.19. The summed E-state index contributed by atoms with van der Waals surface area (Å²) in [7, 11) is -3.79. The number of nitrogens with zero attached hydrogens (tertiary/aromatic N) is 2. The molecule has 0 radical (unpaired) electrons. The Hall–Kier alpha value is -2.89. The van der Waals surface area contributed by atoms with Gasteiger partial charge >= 0.3 is 5.97 Å². The van der Waals surface area contributed by atoms with Crippen LogP contribution in [0.2, 0.25) is 0 Å². The first kappa shape index (κ1) is 24.7. The minimum Gasteiger partial charge on any atom is -0.457 e. The quantitative estimate of drug-likeness (QED) is 0.357. The topological polar surface area (TPSA) is 134 Å². The van der Waals surface area contributed by atoms with Gasteiger partial charge in [-0.1, -0.05) is 5.16 Å². The molecule has 0 saturated carbocycles. The lowest BCUT2D eigenvalue weighted by Crippen LogP contribution is -2.16. The number of nitrogens with two attached hydrogens (primary N) is 1. The summed E-state index contributed by atoms with van der Waals surface area (Å²) in [6.07, 6.45) is 0. The van der Waals surface area contributed by atoms with E-state index in [2.05, 4.69) is 5.16 Å². The van der Waals surface area contributed by atoms with Crippen molar-refractivity contribution in [3.05, 3.63) is 64.3 Å². The minimum absolute atomic E-state index is 0.00384. The van der Waals surface area contributed by atoms with Gasteiger partial charge in [-0.3, -0.25) is 9.59 Å². The lowest BCUT2D eigenvalue weighted by molar-refractivity contribution is -0.139. The van der Waals surface area contributed by atoms with Gasteiger partial charge in [0.15, 0.2) is 6.61 Å². The number of benzene rings is 1. The Bertz CT molecular complexity index is 1270. The molecule has 0 aliphatic heterocycles. The molecular formula is C22H25N3O6S2. The number of aryl methyl sites for hydroxylation is 3. The number of Topliss-reactive ketones (excluding diaryl/α,β-unsaturated/α-hetero) is 1. The predicted octanol–water partition coefficient (Wildman–Crippen LogP) is 3.01. The van der Waals surface area contributed by atoms with E-state index in [1.807, 2.05) is 25.3 Å². The molecule has 0 saturated heterocycles. The molecule has 0 bridgehead atoms. The molecule has 0 fully saturated rings. The van der Waals surface area contributed by atoms with Gasteiger partial charge in [0, 0.05) is 34.0 Å². The van der Waals surface area contributed by atoms with Gasteiger partial charge in [0.25, 0.3) is 0 Å². The van der Waals surface area contributed by atoms with Gasteiger partial charge in [-0.15, -0.1) is 11.8 Å². The molecule has 2 heterocycles. The fourth-order valence-corrected chi connectivity index (χ4v) is 4.92. The molecule has 3 rings (SSSR count). The van der Waals surface area contributed by atoms with Crippen LogP contribution in [0.4, 0.5) is 0 Å². The van der Waals surface area contributed by atoms with Crippen molar-refractivity contribution in [2.45, 2.75) is 38.3 Å². The van der Waals surface area contributed by atoms with E-state index in [9.17, 15) is 18.0 Å². The van der Waals surface area contributed by atoms with Crippen LogP contribution < -0.4 is 5.14 Å². The second kappa shape index (κ2) is 9.94. The minimum atomic E-state index is -3.79. The number of carbonyl (C=O) groups excluding carboxylic acids is 2. The maximum Gasteiger partial charge on any atom is 0.316 e. The molecule has 33 heavy (non-hydrogen) atoms. The lowest BCUT2D eigenvalue weighted by atomic mass is 10.1. The Labute approximate surface area is 196 Å². The van der Waals surface area contributed by atoms with Gasteiger partial charge in [0.2, 0.25) is 15.8 Å². The number of rotatable bonds is 9. The van der Waals surface area contributed by atoms with Crippen LogP contribution in [0, 0.1) is 27.7 Å². The molecule has 3 aromatic rings. The van der Waals surface area contributed by atoms with E-state index in [1.54, 1.807) is 25.1 Å². The molecule has 1 aromatic carbocycles. The average Bonchev–Trinajstić information content (AvgIpc) is 3.23. The number of hydrogen-bond acceptors (Lipinski definition) is 8. The van der Waals surface area contributed by atoms with E-state index in [0.29, 0.717) is 22.7 Å². The third-order valence-corrected chi connectivity index (χ3v) is 7.03. The summed E-state index contributed by atoms with van der Waals surface area (Å²) in [6.45, 7) is 6.90. The molecule has 9 nitrogen and oxygen atoms in total. The molecular weight excluding hydrogens is 466 g/mol. The van der Waals surface area contributed by atoms with E-state index >= 15 is 0 Å². The molecule has 0 unspecified atom stereocenters. The van der Waals surface area contributed by atoms with Gasteiger partial charge in [-0.2, -0.15) is 0 Å². The van der Waals surface area contributed by atoms with Crippen LogP contribution in [-0.4, -0.2) is 42.3 Å². The second-order valence-electron chi connectivity index (χ2n) is 7.54. The third-order valence-electron chi connectivity index (χ3n) is 5.17. The van der Waals surface area contributed by atoms with E-state index in [0.717, 1.165) is 22.7 Å². The number of esters is 1. The zero-order valence-electron chi connectivity index (χ0n) is 18.7. The van der Waals surface area contributed by atoms with Crippen molar-refractivity contribution in [1.82, 2.24) is 9.72 Å². The molecule has 11 heteroatoms. The number of ketones is 1. The number of carbonyl (C=O) groups is 2. The first-order valence-corrected chi connectivity index (χ1v) is 12.7. The summed E-state index contributed by atoms with van der Waals surface area (Å²) in [5, 5.41) is 9.02. The van der Waals surface area contributed by atoms with Gasteiger partial charge in [-0.05, 0) is 58.0 Å². The molecule has 0 amide bonds. The largest absolute Gasteiger partial charge is 0.457 e. The maximum absolute atomic E-state index is 12.7. The van der Waals surface area contributed by atoms with Crippen molar-refractivity contribution in [3.63, 3.8) is 0 Å². The number of aromatic nitrogens is 2. The number of sulfonamides is 1. The van der Waals surface area contributed by atoms with E-state index in [1.165, 1.54) is 23.9 Å². The molecule has 2 aromatic heterocycles. The summed E-state index contributed by atoms with van der Waals surface area (Å²) in [4.78, 5) is 24.8. The number of hydrogen-bond donors (Lipinski definition) is 1. The maximum atomic E-state index is 12.7. The van der Waals surface area contributed by atoms with E-state index in [-0.39, 0.29) is 23.0 Å². The summed E-state index contributed by atoms with van der Waals surface area (Å²) in [5.41, 5.74) is 4.29. The Morgan fingerprint density at radius 1 is 1.15 bits per heavy atom. The van der Waals surface area contributed by atoms with Gasteiger partial charge < -0.3 is 13.8 Å². The highest BCUT2D eigenvalue weighted by Crippen LogP contribution is 2.23. The van der Waals surface area contributed by atoms with Crippen molar-refractivity contribution in [2.24, 2.45) is 5.14 Å². The number of primary sulfonamides is 1. The van der Waals surface area contributed by atoms with E-state index in [4.69, 9.17) is 14.4 Å². The van der Waals surface area contributed by atoms with Crippen molar-refractivity contribution in [1.29, 1.82) is 0 Å². The van der Waals surface area contributed by atoms with Crippen LogP contribution in [0.15, 0.2) is 39.8 Å². The van der Waals surface area contributed by atoms with Crippen LogP contribution in [0.3, 0.4) is 0 Å². The van der Waals surface area contributed by atoms with Gasteiger partial charge in [0.1, 0.15) is 5.76 Å². The van der Waals surface area contributed by atoms with Gasteiger partial charge in [0.05, 0.1) is 16.3 Å². The Morgan fingerprint density at radius 2 is 1.82 bits per heavy atom. The van der Waals surface area contributed by atoms with E-state index < -0.39 is 16.0 Å². The van der Waals surface area contributed by atoms with Crippen LogP contribution in [-0.2, 0) is 25.3 Å². The summed E-state index contributed by atoms with van der Waals surface area (Å²) in [5.74, 6) is 0.591. The summed E-state index contributed by atoms with van der Waals surface area (Å²) < 4.78 is 35.0. The first-order valence-electron chi connectivity index (χ1n) is 9.99. The monoisotopic (exact) mass is 491 g/mol. The predicted molar refractivity (Wildman–Crippen MR) is 124 cm³/mol. The van der Waals surface area contributed by atoms with Crippen LogP contribution in [0.1, 0.15) is 38.8 Å².